The van der Waals surface area contributed by atoms with Crippen molar-refractivity contribution < 1.29 is 13.9 Å². The summed E-state index contributed by atoms with van der Waals surface area (Å²) in [5.74, 6) is 5.47. The Hall–Kier alpha value is -1.37. The molecule has 0 spiro atoms. The van der Waals surface area contributed by atoms with Gasteiger partial charge in [0.2, 0.25) is 0 Å². The second-order valence-corrected chi connectivity index (χ2v) is 6.50. The third kappa shape index (κ3) is 3.39. The molecule has 1 aliphatic heterocycles. The van der Waals surface area contributed by atoms with Crippen molar-refractivity contribution in [1.29, 1.82) is 0 Å². The molecular formula is C14H23N3O3. The van der Waals surface area contributed by atoms with Crippen molar-refractivity contribution in [3.05, 3.63) is 23.7 Å². The third-order valence-corrected chi connectivity index (χ3v) is 3.25. The van der Waals surface area contributed by atoms with Gasteiger partial charge >= 0.3 is 0 Å². The lowest BCUT2D eigenvalue weighted by atomic mass is 9.98. The summed E-state index contributed by atoms with van der Waals surface area (Å²) in [6.07, 6.45) is 1.51. The summed E-state index contributed by atoms with van der Waals surface area (Å²) >= 11 is 0. The number of morpholine rings is 1. The van der Waals surface area contributed by atoms with E-state index in [1.54, 1.807) is 6.07 Å². The molecule has 0 aromatic carbocycles. The Balaban J connectivity index is 2.14. The molecule has 0 aliphatic carbocycles. The van der Waals surface area contributed by atoms with Gasteiger partial charge in [-0.25, -0.2) is 5.84 Å². The predicted octanol–water partition coefficient (Wildman–Crippen LogP) is 1.27. The third-order valence-electron chi connectivity index (χ3n) is 3.25. The second kappa shape index (κ2) is 5.20. The average molecular weight is 281 g/mol. The van der Waals surface area contributed by atoms with Crippen LogP contribution in [0.1, 0.15) is 43.8 Å². The summed E-state index contributed by atoms with van der Waals surface area (Å²) in [4.78, 5) is 13.9. The van der Waals surface area contributed by atoms with Gasteiger partial charge in [-0.15, -0.1) is 0 Å². The highest BCUT2D eigenvalue weighted by Crippen LogP contribution is 2.29. The molecule has 6 heteroatoms. The van der Waals surface area contributed by atoms with Gasteiger partial charge in [0.1, 0.15) is 5.76 Å². The lowest BCUT2D eigenvalue weighted by Crippen LogP contribution is -2.56. The number of hydrogen-bond donors (Lipinski definition) is 2. The van der Waals surface area contributed by atoms with E-state index in [0.717, 1.165) is 13.1 Å². The molecule has 112 valence electrons. The first-order valence-corrected chi connectivity index (χ1v) is 6.72. The lowest BCUT2D eigenvalue weighted by molar-refractivity contribution is -0.182. The second-order valence-electron chi connectivity index (χ2n) is 6.50. The van der Waals surface area contributed by atoms with Crippen LogP contribution in [0.15, 0.2) is 16.7 Å². The van der Waals surface area contributed by atoms with Gasteiger partial charge in [0.25, 0.3) is 5.91 Å². The minimum absolute atomic E-state index is 0.232. The van der Waals surface area contributed by atoms with Crippen LogP contribution in [0.3, 0.4) is 0 Å². The maximum absolute atomic E-state index is 11.7. The lowest BCUT2D eigenvalue weighted by Gasteiger charge is -2.47. The quantitative estimate of drug-likeness (QED) is 0.495. The van der Waals surface area contributed by atoms with E-state index in [0.29, 0.717) is 17.9 Å². The number of hydrogen-bond acceptors (Lipinski definition) is 5. The fourth-order valence-corrected chi connectivity index (χ4v) is 3.00. The Kier molecular flexibility index (Phi) is 3.90. The number of hydrazine groups is 1. The van der Waals surface area contributed by atoms with Crippen molar-refractivity contribution in [3.8, 4) is 0 Å². The monoisotopic (exact) mass is 281 g/mol. The molecule has 1 aromatic rings. The number of nitrogens with two attached hydrogens (primary N) is 1. The van der Waals surface area contributed by atoms with E-state index in [4.69, 9.17) is 15.0 Å². The summed E-state index contributed by atoms with van der Waals surface area (Å²) in [5, 5.41) is 0. The van der Waals surface area contributed by atoms with Crippen LogP contribution < -0.4 is 11.3 Å². The summed E-state index contributed by atoms with van der Waals surface area (Å²) in [6, 6.07) is 1.63. The molecule has 0 saturated carbocycles. The normalized spacial score (nSPS) is 21.6. The highest BCUT2D eigenvalue weighted by molar-refractivity contribution is 5.94. The largest absolute Gasteiger partial charge is 0.467 e. The number of nitrogens with one attached hydrogen (secondary N) is 1. The Bertz CT molecular complexity index is 478. The number of rotatable bonds is 3. The maximum atomic E-state index is 11.7. The Morgan fingerprint density at radius 3 is 2.50 bits per heavy atom. The molecule has 20 heavy (non-hydrogen) atoms. The fraction of sp³-hybridized carbons (Fsp3) is 0.643. The van der Waals surface area contributed by atoms with Crippen molar-refractivity contribution in [2.45, 2.75) is 45.4 Å². The smallest absolute Gasteiger partial charge is 0.268 e. The van der Waals surface area contributed by atoms with Crippen molar-refractivity contribution in [2.24, 2.45) is 5.84 Å². The van der Waals surface area contributed by atoms with Crippen molar-refractivity contribution in [2.75, 3.05) is 13.1 Å². The number of carbonyl (C=O) groups excluding carboxylic acids is 1. The Morgan fingerprint density at radius 1 is 1.35 bits per heavy atom. The van der Waals surface area contributed by atoms with Crippen molar-refractivity contribution in [3.63, 3.8) is 0 Å². The summed E-state index contributed by atoms with van der Waals surface area (Å²) < 4.78 is 11.5. The predicted molar refractivity (Wildman–Crippen MR) is 74.9 cm³/mol. The molecule has 2 heterocycles. The topological polar surface area (TPSA) is 80.7 Å². The zero-order chi connectivity index (χ0) is 15.0. The molecule has 1 saturated heterocycles. The molecule has 1 amide bonds. The summed E-state index contributed by atoms with van der Waals surface area (Å²) in [7, 11) is 0. The van der Waals surface area contributed by atoms with Gasteiger partial charge in [-0.2, -0.15) is 0 Å². The zero-order valence-corrected chi connectivity index (χ0v) is 12.5. The van der Waals surface area contributed by atoms with Crippen molar-refractivity contribution >= 4 is 5.91 Å². The molecular weight excluding hydrogens is 258 g/mol. The minimum atomic E-state index is -0.333. The molecule has 0 atom stereocenters. The average Bonchev–Trinajstić information content (AvgIpc) is 2.71. The van der Waals surface area contributed by atoms with E-state index in [-0.39, 0.29) is 17.1 Å². The maximum Gasteiger partial charge on any atom is 0.268 e. The first-order valence-electron chi connectivity index (χ1n) is 6.72. The summed E-state index contributed by atoms with van der Waals surface area (Å²) in [5.41, 5.74) is 2.15. The van der Waals surface area contributed by atoms with Crippen LogP contribution in [-0.2, 0) is 11.3 Å². The van der Waals surface area contributed by atoms with E-state index >= 15 is 0 Å². The molecule has 0 unspecified atom stereocenters. The van der Waals surface area contributed by atoms with Crippen LogP contribution in [0, 0.1) is 0 Å². The Labute approximate surface area is 119 Å². The van der Waals surface area contributed by atoms with E-state index < -0.39 is 0 Å². The van der Waals surface area contributed by atoms with Crippen molar-refractivity contribution in [1.82, 2.24) is 10.3 Å². The van der Waals surface area contributed by atoms with Gasteiger partial charge in [0, 0.05) is 13.1 Å². The molecule has 1 fully saturated rings. The number of ether oxygens (including phenoxy) is 1. The van der Waals surface area contributed by atoms with Crippen LogP contribution in [0.2, 0.25) is 0 Å². The van der Waals surface area contributed by atoms with Gasteiger partial charge in [-0.05, 0) is 33.8 Å². The first-order chi connectivity index (χ1) is 9.22. The number of carbonyl (C=O) groups is 1. The molecule has 2 rings (SSSR count). The molecule has 1 aliphatic rings. The minimum Gasteiger partial charge on any atom is -0.467 e. The molecule has 1 aromatic heterocycles. The first kappa shape index (κ1) is 15.0. The fourth-order valence-electron chi connectivity index (χ4n) is 3.00. The van der Waals surface area contributed by atoms with E-state index in [1.165, 1.54) is 6.26 Å². The molecule has 0 radical (unpaired) electrons. The van der Waals surface area contributed by atoms with Crippen LogP contribution in [0.5, 0.6) is 0 Å². The van der Waals surface area contributed by atoms with Gasteiger partial charge in [0.05, 0.1) is 29.6 Å². The molecule has 6 nitrogen and oxygen atoms in total. The Morgan fingerprint density at radius 2 is 1.95 bits per heavy atom. The van der Waals surface area contributed by atoms with Gasteiger partial charge in [-0.3, -0.25) is 15.1 Å². The number of nitrogens with zero attached hydrogens (tertiary/aromatic N) is 1. The number of furan rings is 1. The zero-order valence-electron chi connectivity index (χ0n) is 12.5. The van der Waals surface area contributed by atoms with E-state index in [2.05, 4.69) is 38.0 Å². The van der Waals surface area contributed by atoms with Gasteiger partial charge < -0.3 is 9.15 Å². The number of amides is 1. The van der Waals surface area contributed by atoms with E-state index in [9.17, 15) is 4.79 Å². The van der Waals surface area contributed by atoms with Gasteiger partial charge in [0.15, 0.2) is 0 Å². The van der Waals surface area contributed by atoms with Crippen LogP contribution in [0.25, 0.3) is 0 Å². The highest BCUT2D eigenvalue weighted by Gasteiger charge is 2.38. The SMILES string of the molecule is CC1(C)CN(Cc2occc2C(=O)NN)CC(C)(C)O1. The molecule has 0 bridgehead atoms. The van der Waals surface area contributed by atoms with Crippen LogP contribution in [0.4, 0.5) is 0 Å². The van der Waals surface area contributed by atoms with Crippen LogP contribution >= 0.6 is 0 Å². The molecule has 3 N–H and O–H groups in total. The summed E-state index contributed by atoms with van der Waals surface area (Å²) in [6.45, 7) is 10.4. The van der Waals surface area contributed by atoms with E-state index in [1.807, 2.05) is 0 Å². The van der Waals surface area contributed by atoms with Gasteiger partial charge in [-0.1, -0.05) is 0 Å². The van der Waals surface area contributed by atoms with Crippen LogP contribution in [-0.4, -0.2) is 35.1 Å². The number of nitrogen functional groups attached to an aromatic ring is 1. The standard InChI is InChI=1S/C14H23N3O3/c1-13(2)8-17(9-14(3,4)20-13)7-11-10(5-6-19-11)12(18)16-15/h5-6H,7-9,15H2,1-4H3,(H,16,18). The highest BCUT2D eigenvalue weighted by atomic mass is 16.5.